The van der Waals surface area contributed by atoms with Gasteiger partial charge >= 0.3 is 0 Å². The fraction of sp³-hybridized carbons (Fsp3) is 0.250. The summed E-state index contributed by atoms with van der Waals surface area (Å²) < 4.78 is 16.5. The fourth-order valence-electron chi connectivity index (χ4n) is 3.80. The van der Waals surface area contributed by atoms with Crippen molar-refractivity contribution in [1.29, 1.82) is 0 Å². The predicted molar refractivity (Wildman–Crippen MR) is 117 cm³/mol. The Balaban J connectivity index is 1.47. The lowest BCUT2D eigenvalue weighted by molar-refractivity contribution is -0.116. The maximum Gasteiger partial charge on any atom is 0.291 e. The highest BCUT2D eigenvalue weighted by Gasteiger charge is 2.22. The molecule has 1 aromatic heterocycles. The zero-order chi connectivity index (χ0) is 22.0. The van der Waals surface area contributed by atoms with E-state index in [-0.39, 0.29) is 17.6 Å². The van der Waals surface area contributed by atoms with Gasteiger partial charge in [0.15, 0.2) is 5.76 Å². The molecular weight excluding hydrogens is 396 g/mol. The highest BCUT2D eigenvalue weighted by atomic mass is 16.5. The first-order valence-corrected chi connectivity index (χ1v) is 10.0. The molecule has 2 heterocycles. The number of carbonyl (C=O) groups excluding carboxylic acids is 2. The molecule has 0 unspecified atom stereocenters. The van der Waals surface area contributed by atoms with Crippen LogP contribution in [0.15, 0.2) is 52.9 Å². The number of nitrogens with one attached hydrogen (secondary N) is 1. The van der Waals surface area contributed by atoms with Crippen LogP contribution in [0.25, 0.3) is 0 Å². The molecule has 0 bridgehead atoms. The predicted octanol–water partition coefficient (Wildman–Crippen LogP) is 4.05. The van der Waals surface area contributed by atoms with Gasteiger partial charge in [0.25, 0.3) is 5.91 Å². The first-order chi connectivity index (χ1) is 15.0. The van der Waals surface area contributed by atoms with E-state index in [4.69, 9.17) is 13.9 Å². The van der Waals surface area contributed by atoms with Gasteiger partial charge in [-0.3, -0.25) is 9.59 Å². The van der Waals surface area contributed by atoms with E-state index in [0.29, 0.717) is 24.4 Å². The Morgan fingerprint density at radius 3 is 2.65 bits per heavy atom. The lowest BCUT2D eigenvalue weighted by Crippen LogP contribution is -2.25. The molecule has 0 aliphatic carbocycles. The Morgan fingerprint density at radius 2 is 1.90 bits per heavy atom. The Labute approximate surface area is 180 Å². The molecule has 31 heavy (non-hydrogen) atoms. The summed E-state index contributed by atoms with van der Waals surface area (Å²) >= 11 is 0. The van der Waals surface area contributed by atoms with Crippen LogP contribution in [0.1, 0.15) is 34.4 Å². The van der Waals surface area contributed by atoms with Gasteiger partial charge in [-0.05, 0) is 60.5 Å². The van der Waals surface area contributed by atoms with Crippen LogP contribution in [0.3, 0.4) is 0 Å². The van der Waals surface area contributed by atoms with Crippen molar-refractivity contribution in [3.8, 4) is 11.5 Å². The van der Waals surface area contributed by atoms with Gasteiger partial charge in [0.05, 0.1) is 14.2 Å². The standard InChI is InChI=1S/C24H24N2O5/c1-15(27)26-11-10-16-12-18(4-7-21(16)26)25-24(28)23-9-6-20(31-23)14-17-13-19(29-2)5-8-22(17)30-3/h4-9,12-13H,10-11,14H2,1-3H3,(H,25,28). The van der Waals surface area contributed by atoms with Gasteiger partial charge in [0.2, 0.25) is 5.91 Å². The van der Waals surface area contributed by atoms with E-state index < -0.39 is 0 Å². The van der Waals surface area contributed by atoms with E-state index in [1.807, 2.05) is 30.3 Å². The number of benzene rings is 2. The summed E-state index contributed by atoms with van der Waals surface area (Å²) in [6.07, 6.45) is 1.24. The number of methoxy groups -OCH3 is 2. The number of anilines is 2. The van der Waals surface area contributed by atoms with Gasteiger partial charge in [-0.15, -0.1) is 0 Å². The molecular formula is C24H24N2O5. The van der Waals surface area contributed by atoms with Crippen LogP contribution in [0, 0.1) is 0 Å². The molecule has 7 nitrogen and oxygen atoms in total. The van der Waals surface area contributed by atoms with Crippen LogP contribution in [0.5, 0.6) is 11.5 Å². The molecule has 1 aliphatic rings. The van der Waals surface area contributed by atoms with Crippen molar-refractivity contribution in [1.82, 2.24) is 0 Å². The van der Waals surface area contributed by atoms with Crippen molar-refractivity contribution in [2.75, 3.05) is 31.0 Å². The average Bonchev–Trinajstić information content (AvgIpc) is 3.40. The molecule has 0 saturated carbocycles. The molecule has 1 N–H and O–H groups in total. The minimum Gasteiger partial charge on any atom is -0.497 e. The van der Waals surface area contributed by atoms with Gasteiger partial charge in [-0.2, -0.15) is 0 Å². The number of ether oxygens (including phenoxy) is 2. The van der Waals surface area contributed by atoms with Crippen molar-refractivity contribution < 1.29 is 23.5 Å². The largest absolute Gasteiger partial charge is 0.497 e. The Kier molecular flexibility index (Phi) is 5.66. The van der Waals surface area contributed by atoms with E-state index in [2.05, 4.69) is 5.32 Å². The SMILES string of the molecule is COc1ccc(OC)c(Cc2ccc(C(=O)Nc3ccc4c(c3)CCN4C(C)=O)o2)c1. The molecule has 0 fully saturated rings. The number of nitrogens with zero attached hydrogens (tertiary/aromatic N) is 1. The maximum atomic E-state index is 12.7. The molecule has 0 spiro atoms. The Bertz CT molecular complexity index is 1130. The van der Waals surface area contributed by atoms with Crippen molar-refractivity contribution in [3.05, 3.63) is 71.2 Å². The quantitative estimate of drug-likeness (QED) is 0.651. The molecule has 2 amide bonds. The van der Waals surface area contributed by atoms with Gasteiger partial charge in [-0.25, -0.2) is 0 Å². The number of hydrogen-bond donors (Lipinski definition) is 1. The van der Waals surface area contributed by atoms with Gasteiger partial charge in [0, 0.05) is 36.8 Å². The van der Waals surface area contributed by atoms with Crippen LogP contribution < -0.4 is 19.7 Å². The molecule has 7 heteroatoms. The first-order valence-electron chi connectivity index (χ1n) is 10.0. The summed E-state index contributed by atoms with van der Waals surface area (Å²) in [5, 5.41) is 2.87. The van der Waals surface area contributed by atoms with E-state index in [1.54, 1.807) is 44.2 Å². The minimum atomic E-state index is -0.328. The van der Waals surface area contributed by atoms with Crippen molar-refractivity contribution >= 4 is 23.2 Å². The third-order valence-corrected chi connectivity index (χ3v) is 5.35. The number of furan rings is 1. The fourth-order valence-corrected chi connectivity index (χ4v) is 3.80. The summed E-state index contributed by atoms with van der Waals surface area (Å²) in [5.41, 5.74) is 3.51. The molecule has 0 saturated heterocycles. The van der Waals surface area contributed by atoms with Crippen LogP contribution in [-0.2, 0) is 17.6 Å². The highest BCUT2D eigenvalue weighted by molar-refractivity contribution is 6.02. The molecule has 1 aliphatic heterocycles. The number of amides is 2. The van der Waals surface area contributed by atoms with Gasteiger partial charge < -0.3 is 24.1 Å². The molecule has 160 valence electrons. The van der Waals surface area contributed by atoms with Crippen molar-refractivity contribution in [2.45, 2.75) is 19.8 Å². The monoisotopic (exact) mass is 420 g/mol. The molecule has 0 radical (unpaired) electrons. The molecule has 2 aromatic carbocycles. The summed E-state index contributed by atoms with van der Waals surface area (Å²) in [6, 6.07) is 14.5. The highest BCUT2D eigenvalue weighted by Crippen LogP contribution is 2.31. The van der Waals surface area contributed by atoms with E-state index in [1.165, 1.54) is 0 Å². The third-order valence-electron chi connectivity index (χ3n) is 5.35. The van der Waals surface area contributed by atoms with Crippen LogP contribution >= 0.6 is 0 Å². The van der Waals surface area contributed by atoms with Crippen molar-refractivity contribution in [3.63, 3.8) is 0 Å². The lowest BCUT2D eigenvalue weighted by atomic mass is 10.1. The Hall–Kier alpha value is -3.74. The lowest BCUT2D eigenvalue weighted by Gasteiger charge is -2.14. The normalized spacial score (nSPS) is 12.4. The first kappa shape index (κ1) is 20.5. The molecule has 0 atom stereocenters. The Morgan fingerprint density at radius 1 is 1.06 bits per heavy atom. The number of fused-ring (bicyclic) bond motifs is 1. The maximum absolute atomic E-state index is 12.7. The number of hydrogen-bond acceptors (Lipinski definition) is 5. The van der Waals surface area contributed by atoms with E-state index >= 15 is 0 Å². The third kappa shape index (κ3) is 4.26. The second kappa shape index (κ2) is 8.55. The second-order valence-corrected chi connectivity index (χ2v) is 7.34. The zero-order valence-corrected chi connectivity index (χ0v) is 17.7. The summed E-state index contributed by atoms with van der Waals surface area (Å²) in [6.45, 7) is 2.22. The summed E-state index contributed by atoms with van der Waals surface area (Å²) in [4.78, 5) is 26.1. The van der Waals surface area contributed by atoms with Crippen LogP contribution in [0.4, 0.5) is 11.4 Å². The smallest absolute Gasteiger partial charge is 0.291 e. The van der Waals surface area contributed by atoms with Gasteiger partial charge in [0.1, 0.15) is 17.3 Å². The summed E-state index contributed by atoms with van der Waals surface area (Å²) in [7, 11) is 3.22. The van der Waals surface area contributed by atoms with E-state index in [0.717, 1.165) is 34.7 Å². The van der Waals surface area contributed by atoms with Gasteiger partial charge in [-0.1, -0.05) is 0 Å². The van der Waals surface area contributed by atoms with Crippen molar-refractivity contribution in [2.24, 2.45) is 0 Å². The topological polar surface area (TPSA) is 81.0 Å². The average molecular weight is 420 g/mol. The number of rotatable bonds is 6. The zero-order valence-electron chi connectivity index (χ0n) is 17.7. The van der Waals surface area contributed by atoms with Crippen LogP contribution in [0.2, 0.25) is 0 Å². The second-order valence-electron chi connectivity index (χ2n) is 7.34. The number of carbonyl (C=O) groups is 2. The van der Waals surface area contributed by atoms with Crippen LogP contribution in [-0.4, -0.2) is 32.6 Å². The van der Waals surface area contributed by atoms with E-state index in [9.17, 15) is 9.59 Å². The summed E-state index contributed by atoms with van der Waals surface area (Å²) in [5.74, 6) is 2.00. The molecule has 4 rings (SSSR count). The molecule has 3 aromatic rings. The minimum absolute atomic E-state index is 0.0197.